The Hall–Kier alpha value is -2.97. The number of halogens is 2. The number of fused-ring (bicyclic) bond motifs is 1. The zero-order chi connectivity index (χ0) is 24.1. The second-order valence-electron chi connectivity index (χ2n) is 7.90. The van der Waals surface area contributed by atoms with Crippen LogP contribution in [0.3, 0.4) is 0 Å². The number of carbonyl (C=O) groups excluding carboxylic acids is 2. The molecule has 2 aromatic carbocycles. The molecule has 2 heterocycles. The predicted molar refractivity (Wildman–Crippen MR) is 135 cm³/mol. The van der Waals surface area contributed by atoms with Gasteiger partial charge in [-0.05, 0) is 65.9 Å². The molecule has 5 nitrogen and oxygen atoms in total. The second kappa shape index (κ2) is 11.0. The molecule has 0 unspecified atom stereocenters. The molecule has 0 fully saturated rings. The van der Waals surface area contributed by atoms with E-state index in [4.69, 9.17) is 4.74 Å². The van der Waals surface area contributed by atoms with Crippen LogP contribution in [0.25, 0.3) is 0 Å². The molecule has 34 heavy (non-hydrogen) atoms. The molecule has 3 aromatic rings. The largest absolute Gasteiger partial charge is 0.491 e. The van der Waals surface area contributed by atoms with Crippen LogP contribution >= 0.6 is 27.3 Å². The van der Waals surface area contributed by atoms with Crippen molar-refractivity contribution < 1.29 is 18.7 Å². The van der Waals surface area contributed by atoms with Gasteiger partial charge in [0, 0.05) is 28.0 Å². The Kier molecular flexibility index (Phi) is 7.80. The van der Waals surface area contributed by atoms with Gasteiger partial charge in [-0.1, -0.05) is 28.1 Å². The van der Waals surface area contributed by atoms with Crippen molar-refractivity contribution in [3.8, 4) is 5.75 Å². The summed E-state index contributed by atoms with van der Waals surface area (Å²) in [5.41, 5.74) is 1.55. The molecule has 0 bridgehead atoms. The van der Waals surface area contributed by atoms with Gasteiger partial charge in [-0.3, -0.25) is 9.59 Å². The Bertz CT molecular complexity index is 1180. The molecule has 8 heteroatoms. The van der Waals surface area contributed by atoms with Gasteiger partial charge in [-0.2, -0.15) is 0 Å². The third-order valence-corrected chi connectivity index (χ3v) is 7.16. The van der Waals surface area contributed by atoms with Gasteiger partial charge in [0.25, 0.3) is 5.91 Å². The summed E-state index contributed by atoms with van der Waals surface area (Å²) in [6.07, 6.45) is 2.37. The van der Waals surface area contributed by atoms with E-state index >= 15 is 0 Å². The van der Waals surface area contributed by atoms with Crippen molar-refractivity contribution in [3.63, 3.8) is 0 Å². The first-order chi connectivity index (χ1) is 16.5. The van der Waals surface area contributed by atoms with Crippen LogP contribution < -0.4 is 4.74 Å². The lowest BCUT2D eigenvalue weighted by Crippen LogP contribution is -2.47. The molecule has 1 aliphatic rings. The van der Waals surface area contributed by atoms with Gasteiger partial charge in [-0.25, -0.2) is 4.39 Å². The van der Waals surface area contributed by atoms with Crippen molar-refractivity contribution in [1.29, 1.82) is 0 Å². The van der Waals surface area contributed by atoms with E-state index < -0.39 is 0 Å². The van der Waals surface area contributed by atoms with Crippen LogP contribution in [0.4, 0.5) is 4.39 Å². The van der Waals surface area contributed by atoms with Crippen LogP contribution in [0.15, 0.2) is 77.1 Å². The zero-order valence-corrected chi connectivity index (χ0v) is 20.9. The summed E-state index contributed by atoms with van der Waals surface area (Å²) >= 11 is 5.06. The number of amides is 2. The molecular formula is C26H24BrFN2O3S. The van der Waals surface area contributed by atoms with Crippen molar-refractivity contribution in [2.75, 3.05) is 26.2 Å². The normalized spacial score (nSPS) is 14.9. The highest BCUT2D eigenvalue weighted by atomic mass is 79.9. The molecule has 0 spiro atoms. The number of hydrogen-bond donors (Lipinski definition) is 0. The average molecular weight is 543 g/mol. The van der Waals surface area contributed by atoms with Crippen LogP contribution in [0.1, 0.15) is 26.8 Å². The first-order valence-electron chi connectivity index (χ1n) is 10.9. The lowest BCUT2D eigenvalue weighted by molar-refractivity contribution is -0.135. The topological polar surface area (TPSA) is 49.9 Å². The highest BCUT2D eigenvalue weighted by Gasteiger charge is 2.33. The van der Waals surface area contributed by atoms with Gasteiger partial charge < -0.3 is 14.5 Å². The minimum absolute atomic E-state index is 0.0656. The van der Waals surface area contributed by atoms with Gasteiger partial charge in [-0.15, -0.1) is 17.9 Å². The summed E-state index contributed by atoms with van der Waals surface area (Å²) in [4.78, 5) is 31.1. The molecule has 0 N–H and O–H groups in total. The first-order valence-corrected chi connectivity index (χ1v) is 12.5. The Morgan fingerprint density at radius 3 is 2.76 bits per heavy atom. The van der Waals surface area contributed by atoms with Gasteiger partial charge in [0.2, 0.25) is 5.91 Å². The Labute approximate surface area is 210 Å². The molecule has 0 radical (unpaired) electrons. The summed E-state index contributed by atoms with van der Waals surface area (Å²) in [7, 11) is 0. The second-order valence-corrected chi connectivity index (χ2v) is 9.82. The number of carbonyl (C=O) groups is 2. The van der Waals surface area contributed by atoms with E-state index in [1.807, 2.05) is 17.5 Å². The molecule has 4 rings (SSSR count). The number of rotatable bonds is 8. The zero-order valence-electron chi connectivity index (χ0n) is 18.5. The van der Waals surface area contributed by atoms with Gasteiger partial charge >= 0.3 is 0 Å². The fourth-order valence-electron chi connectivity index (χ4n) is 4.01. The Morgan fingerprint density at radius 1 is 1.24 bits per heavy atom. The fraction of sp³-hybridized carbons (Fsp3) is 0.231. The van der Waals surface area contributed by atoms with E-state index in [2.05, 4.69) is 22.5 Å². The number of hydrogen-bond acceptors (Lipinski definition) is 4. The standard InChI is InChI=1S/C26H24BrFN2O3S/c1-2-12-29(26(32)18-4-3-5-19(27)15-18)16-25(31)30-13-10-24-22(11-14-34-24)23(30)17-33-21-8-6-20(28)7-9-21/h2-9,11,14-15,23H,1,10,12-13,16-17H2/t23-/m1/s1. The lowest BCUT2D eigenvalue weighted by atomic mass is 10.0. The number of benzene rings is 2. The quantitative estimate of drug-likeness (QED) is 0.354. The van der Waals surface area contributed by atoms with E-state index in [0.717, 1.165) is 16.5 Å². The monoisotopic (exact) mass is 542 g/mol. The molecule has 176 valence electrons. The van der Waals surface area contributed by atoms with Gasteiger partial charge in [0.15, 0.2) is 0 Å². The van der Waals surface area contributed by atoms with E-state index in [0.29, 0.717) is 17.9 Å². The Morgan fingerprint density at radius 2 is 2.03 bits per heavy atom. The highest BCUT2D eigenvalue weighted by molar-refractivity contribution is 9.10. The van der Waals surface area contributed by atoms with E-state index in [-0.39, 0.29) is 43.4 Å². The maximum Gasteiger partial charge on any atom is 0.254 e. The fourth-order valence-corrected chi connectivity index (χ4v) is 5.34. The predicted octanol–water partition coefficient (Wildman–Crippen LogP) is 5.48. The van der Waals surface area contributed by atoms with Crippen LogP contribution in [-0.2, 0) is 11.2 Å². The molecule has 0 saturated carbocycles. The number of thiophene rings is 1. The van der Waals surface area contributed by atoms with Gasteiger partial charge in [0.1, 0.15) is 24.7 Å². The van der Waals surface area contributed by atoms with E-state index in [1.54, 1.807) is 52.6 Å². The third kappa shape index (κ3) is 5.56. The summed E-state index contributed by atoms with van der Waals surface area (Å²) in [5.74, 6) is -0.190. The Balaban J connectivity index is 1.52. The molecule has 0 saturated heterocycles. The lowest BCUT2D eigenvalue weighted by Gasteiger charge is -2.37. The first kappa shape index (κ1) is 24.2. The van der Waals surface area contributed by atoms with Crippen molar-refractivity contribution in [2.45, 2.75) is 12.5 Å². The van der Waals surface area contributed by atoms with Crippen LogP contribution in [0, 0.1) is 5.82 Å². The third-order valence-electron chi connectivity index (χ3n) is 5.67. The average Bonchev–Trinajstić information content (AvgIpc) is 3.32. The SMILES string of the molecule is C=CCN(CC(=O)N1CCc2sccc2[C@H]1COc1ccc(F)cc1)C(=O)c1cccc(Br)c1. The van der Waals surface area contributed by atoms with Crippen LogP contribution in [0.5, 0.6) is 5.75 Å². The molecule has 0 aliphatic carbocycles. The van der Waals surface area contributed by atoms with Crippen molar-refractivity contribution >= 4 is 39.1 Å². The van der Waals surface area contributed by atoms with E-state index in [1.165, 1.54) is 21.9 Å². The van der Waals surface area contributed by atoms with Crippen LogP contribution in [0.2, 0.25) is 0 Å². The molecular weight excluding hydrogens is 519 g/mol. The summed E-state index contributed by atoms with van der Waals surface area (Å²) in [6.45, 7) is 4.71. The van der Waals surface area contributed by atoms with Crippen molar-refractivity contribution in [3.05, 3.63) is 98.9 Å². The van der Waals surface area contributed by atoms with Gasteiger partial charge in [0.05, 0.1) is 6.04 Å². The summed E-state index contributed by atoms with van der Waals surface area (Å²) in [6, 6.07) is 14.7. The van der Waals surface area contributed by atoms with Crippen LogP contribution in [-0.4, -0.2) is 47.9 Å². The smallest absolute Gasteiger partial charge is 0.254 e. The molecule has 1 aromatic heterocycles. The summed E-state index contributed by atoms with van der Waals surface area (Å²) < 4.78 is 20.0. The minimum Gasteiger partial charge on any atom is -0.491 e. The molecule has 1 aliphatic heterocycles. The number of ether oxygens (including phenoxy) is 1. The van der Waals surface area contributed by atoms with E-state index in [9.17, 15) is 14.0 Å². The van der Waals surface area contributed by atoms with Crippen molar-refractivity contribution in [1.82, 2.24) is 9.80 Å². The minimum atomic E-state index is -0.334. The maximum atomic E-state index is 13.5. The number of nitrogens with zero attached hydrogens (tertiary/aromatic N) is 2. The molecule has 2 amide bonds. The highest BCUT2D eigenvalue weighted by Crippen LogP contribution is 2.34. The maximum absolute atomic E-state index is 13.5. The summed E-state index contributed by atoms with van der Waals surface area (Å²) in [5, 5.41) is 2.02. The molecule has 1 atom stereocenters. The van der Waals surface area contributed by atoms with Crippen molar-refractivity contribution in [2.24, 2.45) is 0 Å².